The van der Waals surface area contributed by atoms with Crippen molar-refractivity contribution in [3.05, 3.63) is 59.7 Å². The fourth-order valence-corrected chi connectivity index (χ4v) is 3.61. The summed E-state index contributed by atoms with van der Waals surface area (Å²) in [5.74, 6) is -0.0691. The highest BCUT2D eigenvalue weighted by Crippen LogP contribution is 2.34. The second-order valence-electron chi connectivity index (χ2n) is 7.40. The van der Waals surface area contributed by atoms with Crippen molar-refractivity contribution in [3.63, 3.8) is 0 Å². The number of carboxylic acid groups (broad SMARTS) is 1. The Bertz CT molecular complexity index is 748. The minimum absolute atomic E-state index is 0.685. The molecule has 3 rings (SSSR count). The molecular weight excluding hydrogens is 338 g/mol. The number of anilines is 1. The first kappa shape index (κ1) is 19.3. The Hall–Kier alpha value is -2.49. The van der Waals surface area contributed by atoms with Gasteiger partial charge in [0.15, 0.2) is 0 Å². The van der Waals surface area contributed by atoms with Crippen LogP contribution >= 0.6 is 0 Å². The molecule has 0 aliphatic carbocycles. The Morgan fingerprint density at radius 3 is 2.11 bits per heavy atom. The molecule has 1 unspecified atom stereocenters. The van der Waals surface area contributed by atoms with Crippen molar-refractivity contribution in [2.24, 2.45) is 0 Å². The van der Waals surface area contributed by atoms with Gasteiger partial charge in [0.05, 0.1) is 6.61 Å². The summed E-state index contributed by atoms with van der Waals surface area (Å²) >= 11 is 0. The van der Waals surface area contributed by atoms with Crippen LogP contribution in [0.5, 0.6) is 5.75 Å². The fourth-order valence-electron chi connectivity index (χ4n) is 3.61. The molecular formula is C23H29NO3. The van der Waals surface area contributed by atoms with Crippen LogP contribution in [-0.2, 0) is 10.2 Å². The summed E-state index contributed by atoms with van der Waals surface area (Å²) in [6.45, 7) is 6.74. The van der Waals surface area contributed by atoms with Gasteiger partial charge in [-0.25, -0.2) is 0 Å². The van der Waals surface area contributed by atoms with E-state index in [9.17, 15) is 9.90 Å². The van der Waals surface area contributed by atoms with Crippen LogP contribution in [0.15, 0.2) is 48.5 Å². The van der Waals surface area contributed by atoms with E-state index in [4.69, 9.17) is 4.74 Å². The molecule has 0 spiro atoms. The number of hydrogen-bond donors (Lipinski definition) is 1. The SMILES string of the molecule is CCCCOc1ccc(C(C)(C(=O)O)c2ccc(N3CCCC3)cc2)cc1. The van der Waals surface area contributed by atoms with Crippen molar-refractivity contribution in [2.45, 2.75) is 44.9 Å². The molecule has 1 heterocycles. The molecule has 0 saturated carbocycles. The Morgan fingerprint density at radius 1 is 1.04 bits per heavy atom. The zero-order chi connectivity index (χ0) is 19.3. The first-order valence-corrected chi connectivity index (χ1v) is 9.88. The van der Waals surface area contributed by atoms with E-state index in [2.05, 4.69) is 11.8 Å². The first-order chi connectivity index (χ1) is 13.1. The van der Waals surface area contributed by atoms with Crippen molar-refractivity contribution >= 4 is 11.7 Å². The minimum atomic E-state index is -1.09. The number of unbranched alkanes of at least 4 members (excludes halogenated alkanes) is 1. The number of benzene rings is 2. The molecule has 1 aliphatic heterocycles. The van der Waals surface area contributed by atoms with Gasteiger partial charge in [-0.1, -0.05) is 37.6 Å². The molecule has 2 aromatic carbocycles. The Morgan fingerprint density at radius 2 is 1.59 bits per heavy atom. The number of nitrogens with zero attached hydrogens (tertiary/aromatic N) is 1. The third-order valence-electron chi connectivity index (χ3n) is 5.54. The predicted molar refractivity (Wildman–Crippen MR) is 109 cm³/mol. The lowest BCUT2D eigenvalue weighted by Crippen LogP contribution is -2.33. The van der Waals surface area contributed by atoms with Crippen LogP contribution in [0.3, 0.4) is 0 Å². The normalized spacial score (nSPS) is 16.1. The molecule has 0 amide bonds. The molecule has 1 N–H and O–H groups in total. The van der Waals surface area contributed by atoms with E-state index >= 15 is 0 Å². The number of carboxylic acids is 1. The maximum atomic E-state index is 12.2. The van der Waals surface area contributed by atoms with E-state index in [0.29, 0.717) is 6.61 Å². The molecule has 2 aromatic rings. The van der Waals surface area contributed by atoms with Crippen LogP contribution in [0, 0.1) is 0 Å². The monoisotopic (exact) mass is 367 g/mol. The van der Waals surface area contributed by atoms with Gasteiger partial charge in [-0.05, 0) is 61.6 Å². The van der Waals surface area contributed by atoms with Crippen LogP contribution in [0.1, 0.15) is 50.7 Å². The quantitative estimate of drug-likeness (QED) is 0.677. The second-order valence-corrected chi connectivity index (χ2v) is 7.40. The summed E-state index contributed by atoms with van der Waals surface area (Å²) < 4.78 is 5.70. The van der Waals surface area contributed by atoms with Gasteiger partial charge in [0.1, 0.15) is 11.2 Å². The summed E-state index contributed by atoms with van der Waals surface area (Å²) in [5, 5.41) is 10.0. The van der Waals surface area contributed by atoms with E-state index in [1.807, 2.05) is 48.5 Å². The largest absolute Gasteiger partial charge is 0.494 e. The van der Waals surface area contributed by atoms with Crippen molar-refractivity contribution in [1.82, 2.24) is 0 Å². The highest BCUT2D eigenvalue weighted by Gasteiger charge is 2.37. The van der Waals surface area contributed by atoms with Crippen molar-refractivity contribution in [3.8, 4) is 5.75 Å². The second kappa shape index (κ2) is 8.47. The number of carbonyl (C=O) groups is 1. The average Bonchev–Trinajstić information content (AvgIpc) is 3.23. The maximum Gasteiger partial charge on any atom is 0.318 e. The molecule has 1 atom stereocenters. The van der Waals surface area contributed by atoms with Gasteiger partial charge in [-0.2, -0.15) is 0 Å². The maximum absolute atomic E-state index is 12.2. The van der Waals surface area contributed by atoms with Gasteiger partial charge in [0.2, 0.25) is 0 Å². The standard InChI is InChI=1S/C23H29NO3/c1-3-4-17-27-21-13-9-19(10-14-21)23(2,22(25)26)18-7-11-20(12-8-18)24-15-5-6-16-24/h7-14H,3-6,15-17H2,1-2H3,(H,25,26). The van der Waals surface area contributed by atoms with E-state index in [1.165, 1.54) is 18.5 Å². The van der Waals surface area contributed by atoms with Crippen LogP contribution in [0.2, 0.25) is 0 Å². The van der Waals surface area contributed by atoms with Crippen LogP contribution in [0.4, 0.5) is 5.69 Å². The van der Waals surface area contributed by atoms with Gasteiger partial charge in [-0.3, -0.25) is 4.79 Å². The predicted octanol–water partition coefficient (Wildman–Crippen LogP) is 4.86. The molecule has 144 valence electrons. The van der Waals surface area contributed by atoms with Gasteiger partial charge in [0, 0.05) is 18.8 Å². The summed E-state index contributed by atoms with van der Waals surface area (Å²) in [7, 11) is 0. The lowest BCUT2D eigenvalue weighted by atomic mass is 9.76. The Labute approximate surface area is 161 Å². The summed E-state index contributed by atoms with van der Waals surface area (Å²) in [5.41, 5.74) is 1.62. The molecule has 1 saturated heterocycles. The highest BCUT2D eigenvalue weighted by atomic mass is 16.5. The lowest BCUT2D eigenvalue weighted by Gasteiger charge is -2.27. The summed E-state index contributed by atoms with van der Waals surface area (Å²) in [6, 6.07) is 15.5. The molecule has 1 aliphatic rings. The third kappa shape index (κ3) is 4.10. The molecule has 27 heavy (non-hydrogen) atoms. The van der Waals surface area contributed by atoms with Crippen molar-refractivity contribution < 1.29 is 14.6 Å². The molecule has 0 bridgehead atoms. The van der Waals surface area contributed by atoms with Gasteiger partial charge in [0.25, 0.3) is 0 Å². The van der Waals surface area contributed by atoms with Crippen LogP contribution in [-0.4, -0.2) is 30.8 Å². The third-order valence-corrected chi connectivity index (χ3v) is 5.54. The number of hydrogen-bond acceptors (Lipinski definition) is 3. The average molecular weight is 367 g/mol. The minimum Gasteiger partial charge on any atom is -0.494 e. The zero-order valence-electron chi connectivity index (χ0n) is 16.3. The topological polar surface area (TPSA) is 49.8 Å². The smallest absolute Gasteiger partial charge is 0.318 e. The van der Waals surface area contributed by atoms with E-state index < -0.39 is 11.4 Å². The van der Waals surface area contributed by atoms with E-state index in [-0.39, 0.29) is 0 Å². The number of aliphatic carboxylic acids is 1. The van der Waals surface area contributed by atoms with Crippen molar-refractivity contribution in [2.75, 3.05) is 24.6 Å². The Balaban J connectivity index is 1.83. The van der Waals surface area contributed by atoms with Crippen LogP contribution < -0.4 is 9.64 Å². The van der Waals surface area contributed by atoms with Crippen molar-refractivity contribution in [1.29, 1.82) is 0 Å². The first-order valence-electron chi connectivity index (χ1n) is 9.88. The molecule has 4 nitrogen and oxygen atoms in total. The van der Waals surface area contributed by atoms with Gasteiger partial charge in [-0.15, -0.1) is 0 Å². The zero-order valence-corrected chi connectivity index (χ0v) is 16.3. The van der Waals surface area contributed by atoms with Crippen LogP contribution in [0.25, 0.3) is 0 Å². The molecule has 4 heteroatoms. The number of rotatable bonds is 8. The lowest BCUT2D eigenvalue weighted by molar-refractivity contribution is -0.141. The molecule has 0 aromatic heterocycles. The van der Waals surface area contributed by atoms with Gasteiger partial charge < -0.3 is 14.7 Å². The fraction of sp³-hybridized carbons (Fsp3) is 0.435. The Kier molecular flexibility index (Phi) is 6.04. The number of ether oxygens (including phenoxy) is 1. The summed E-state index contributed by atoms with van der Waals surface area (Å²) in [6.07, 6.45) is 4.54. The summed E-state index contributed by atoms with van der Waals surface area (Å²) in [4.78, 5) is 14.6. The van der Waals surface area contributed by atoms with Gasteiger partial charge >= 0.3 is 5.97 Å². The van der Waals surface area contributed by atoms with E-state index in [0.717, 1.165) is 42.8 Å². The molecule has 0 radical (unpaired) electrons. The van der Waals surface area contributed by atoms with E-state index in [1.54, 1.807) is 6.92 Å². The highest BCUT2D eigenvalue weighted by molar-refractivity contribution is 5.85. The molecule has 1 fully saturated rings.